The summed E-state index contributed by atoms with van der Waals surface area (Å²) < 4.78 is 58.6. The van der Waals surface area contributed by atoms with Crippen LogP contribution in [0.3, 0.4) is 0 Å². The third-order valence-electron chi connectivity index (χ3n) is 15.6. The van der Waals surface area contributed by atoms with Crippen LogP contribution in [0.5, 0.6) is 28.7 Å². The quantitative estimate of drug-likeness (QED) is 0.0255. The van der Waals surface area contributed by atoms with E-state index in [-0.39, 0.29) is 99.2 Å². The second kappa shape index (κ2) is 39.4. The van der Waals surface area contributed by atoms with Gasteiger partial charge in [-0.25, -0.2) is 28.8 Å². The molecule has 4 atom stereocenters. The number of phenols is 1. The number of primary amides is 1. The van der Waals surface area contributed by atoms with E-state index in [1.54, 1.807) is 68.4 Å². The maximum Gasteiger partial charge on any atom is 1.00 e. The van der Waals surface area contributed by atoms with Crippen molar-refractivity contribution in [3.05, 3.63) is 277 Å². The number of hydrogen-bond acceptors (Lipinski definition) is 24. The molecule has 1 unspecified atom stereocenters. The van der Waals surface area contributed by atoms with E-state index in [0.717, 1.165) is 27.6 Å². The maximum atomic E-state index is 12.3. The first-order chi connectivity index (χ1) is 51.3. The summed E-state index contributed by atoms with van der Waals surface area (Å²) >= 11 is 0. The number of carboxylic acid groups (broad SMARTS) is 1. The van der Waals surface area contributed by atoms with Crippen LogP contribution < -0.4 is 87.5 Å². The van der Waals surface area contributed by atoms with Gasteiger partial charge in [-0.15, -0.1) is 0 Å². The van der Waals surface area contributed by atoms with Gasteiger partial charge in [0.05, 0.1) is 45.4 Å². The number of nitrogens with one attached hydrogen (secondary N) is 2. The van der Waals surface area contributed by atoms with Crippen LogP contribution >= 0.6 is 0 Å². The smallest absolute Gasteiger partial charge is 0.512 e. The Balaban J connectivity index is 0.000000190. The number of hydrogen-bond donors (Lipinski definition) is 7. The predicted octanol–water partition coefficient (Wildman–Crippen LogP) is 8.58. The van der Waals surface area contributed by atoms with Crippen LogP contribution in [0.2, 0.25) is 0 Å². The number of aromatic carboxylic acids is 1. The van der Waals surface area contributed by atoms with E-state index in [2.05, 4.69) is 10.6 Å². The van der Waals surface area contributed by atoms with Gasteiger partial charge in [-0.3, -0.25) is 20.2 Å². The van der Waals surface area contributed by atoms with Gasteiger partial charge < -0.3 is 89.8 Å². The number of carbonyl (C=O) groups excluding carboxylic acids is 4. The number of nitrogen functional groups attached to an aromatic ring is 1. The number of amides is 3. The molecule has 0 spiro atoms. The third kappa shape index (κ3) is 23.4. The monoisotopic (exact) mass is 1480 g/mol. The average Bonchev–Trinajstić information content (AvgIpc) is 0.963. The number of phenolic OH excluding ortho intramolecular Hbond substituents is 1. The Morgan fingerprint density at radius 3 is 1.56 bits per heavy atom. The Morgan fingerprint density at radius 1 is 0.611 bits per heavy atom. The van der Waals surface area contributed by atoms with Gasteiger partial charge in [0, 0.05) is 44.7 Å². The molecule has 8 aromatic carbocycles. The minimum Gasteiger partial charge on any atom is -0.512 e. The van der Waals surface area contributed by atoms with E-state index < -0.39 is 59.1 Å². The van der Waals surface area contributed by atoms with Crippen molar-refractivity contribution in [2.45, 2.75) is 90.7 Å². The minimum atomic E-state index is -1.43. The molecule has 108 heavy (non-hydrogen) atoms. The molecule has 3 aromatic heterocycles. The molecule has 550 valence electrons. The van der Waals surface area contributed by atoms with E-state index in [4.69, 9.17) is 84.8 Å². The summed E-state index contributed by atoms with van der Waals surface area (Å²) in [5.74, 6) is 0.183. The minimum absolute atomic E-state index is 0. The summed E-state index contributed by atoms with van der Waals surface area (Å²) in [5, 5.41) is 51.5. The summed E-state index contributed by atoms with van der Waals surface area (Å²) in [5.41, 5.74) is 13.2. The molecule has 0 saturated carbocycles. The van der Waals surface area contributed by atoms with Crippen molar-refractivity contribution in [3.63, 3.8) is 0 Å². The molecule has 2 aliphatic rings. The molecule has 0 bridgehead atoms. The van der Waals surface area contributed by atoms with Crippen molar-refractivity contribution in [2.24, 2.45) is 5.73 Å². The van der Waals surface area contributed by atoms with Crippen LogP contribution in [0, 0.1) is 23.2 Å². The molecular weight excluding hydrogens is 1410 g/mol. The summed E-state index contributed by atoms with van der Waals surface area (Å²) in [6.07, 6.45) is -5.66. The normalized spacial score (nSPS) is 14.7. The van der Waals surface area contributed by atoms with Crippen molar-refractivity contribution in [1.82, 2.24) is 0 Å². The number of aliphatic hydroxyl groups is 1. The number of ether oxygens (including phenoxy) is 8. The number of carbonyl (C=O) groups is 5. The van der Waals surface area contributed by atoms with E-state index in [1.807, 2.05) is 115 Å². The Labute approximate surface area is 638 Å². The Hall–Kier alpha value is -12.8. The van der Waals surface area contributed by atoms with E-state index in [0.29, 0.717) is 71.0 Å². The number of cyclic esters (lactones) is 1. The number of nitrogens with zero attached hydrogens (tertiary/aromatic N) is 2. The van der Waals surface area contributed by atoms with Crippen LogP contribution in [-0.4, -0.2) is 82.5 Å². The fourth-order valence-corrected chi connectivity index (χ4v) is 10.7. The van der Waals surface area contributed by atoms with Crippen LogP contribution in [-0.2, 0) is 61.4 Å². The largest absolute Gasteiger partial charge is 1.00 e. The van der Waals surface area contributed by atoms with E-state index in [1.165, 1.54) is 57.4 Å². The van der Waals surface area contributed by atoms with Crippen LogP contribution in [0.4, 0.5) is 22.4 Å². The number of benzene rings is 8. The topological polar surface area (TPSA) is 434 Å². The number of nitrogens with two attached hydrogens (primary N) is 2. The zero-order chi connectivity index (χ0) is 77.3. The Kier molecular flexibility index (Phi) is 30.1. The molecule has 13 rings (SSSR count). The van der Waals surface area contributed by atoms with Gasteiger partial charge >= 0.3 is 64.5 Å². The molecule has 9 N–H and O–H groups in total. The molecule has 1 fully saturated rings. The molecule has 5 heterocycles. The van der Waals surface area contributed by atoms with Gasteiger partial charge in [0.25, 0.3) is 0 Å². The molecule has 1 saturated heterocycles. The van der Waals surface area contributed by atoms with E-state index in [9.17, 15) is 48.6 Å². The molecule has 0 radical (unpaired) electrons. The van der Waals surface area contributed by atoms with Crippen LogP contribution in [0.15, 0.2) is 228 Å². The van der Waals surface area contributed by atoms with Crippen LogP contribution in [0.1, 0.15) is 76.2 Å². The van der Waals surface area contributed by atoms with Crippen molar-refractivity contribution < 1.29 is 120 Å². The summed E-state index contributed by atoms with van der Waals surface area (Å²) in [7, 11) is 1.39. The predicted molar refractivity (Wildman–Crippen MR) is 389 cm³/mol. The number of methoxy groups -OCH3 is 1. The number of fused-ring (bicyclic) bond motifs is 4. The maximum absolute atomic E-state index is 12.3. The summed E-state index contributed by atoms with van der Waals surface area (Å²) in [6, 6.07) is 60.4. The number of esters is 1. The average molecular weight is 1480 g/mol. The first-order valence-electron chi connectivity index (χ1n) is 32.3. The van der Waals surface area contributed by atoms with Crippen LogP contribution in [0.25, 0.3) is 32.3 Å². The second-order valence-corrected chi connectivity index (χ2v) is 23.8. The summed E-state index contributed by atoms with van der Waals surface area (Å²) in [4.78, 5) is 91.4. The first-order valence-corrected chi connectivity index (χ1v) is 32.3. The van der Waals surface area contributed by atoms with Gasteiger partial charge in [-0.2, -0.15) is 5.26 Å². The van der Waals surface area contributed by atoms with Gasteiger partial charge in [0.1, 0.15) is 61.3 Å². The van der Waals surface area contributed by atoms with Crippen molar-refractivity contribution in [1.29, 1.82) is 10.5 Å². The van der Waals surface area contributed by atoms with Gasteiger partial charge in [-0.05, 0) is 113 Å². The molecular formula is C79H71N6NaO22. The number of aromatic hydroxyl groups is 1. The van der Waals surface area contributed by atoms with Gasteiger partial charge in [0.15, 0.2) is 18.1 Å². The standard InChI is InChI=1S/C20H24N2O9.2C16H13NO3.C15H12O3.C11H9NO4.CN.Na/c1-9(23)22-13-7-10-5-6-11(8-12(10)17(25)29-13)28-18-14(24)15(30-19(21)26)16(27-4)20(2,3)31-18;17-15-8-12-6-7-13(9-14(12)16(18)20-15)19-10-11-4-2-1-3-5-11;17-9-8-13-6-7-14(10-15(13)16(18)19)20-11-12-4-2-1-3-5-12;16-15-14-8-13(7-6-12(14)10-18-15)17-9-11-4-2-1-3-5-11;1-6(13)12-10-4-7-2-3-8(14)5-9(7)11(15)16-10;1-2;/h5-8,14-16,18,24H,1-4H3,(H2,21,26)(H,22,23);1-9H,10,17H2;1-7,10H,8,11H2,(H,18,19);1-8H,9-10H2;2-5,14H,1H3,(H,12,13);;/q;;;;;-1;+1/t14-,15+,16+,18?;;;;;;/m0....../s1. The number of anilines is 3. The first kappa shape index (κ1) is 82.5. The van der Waals surface area contributed by atoms with Gasteiger partial charge in [0.2, 0.25) is 29.9 Å². The van der Waals surface area contributed by atoms with Crippen molar-refractivity contribution >= 4 is 79.8 Å². The van der Waals surface area contributed by atoms with Gasteiger partial charge in [-0.1, -0.05) is 121 Å². The number of aliphatic hydroxyl groups excluding tert-OH is 1. The number of nitriles is 1. The Morgan fingerprint density at radius 2 is 1.06 bits per heavy atom. The molecule has 3 amide bonds. The third-order valence-corrected chi connectivity index (χ3v) is 15.6. The van der Waals surface area contributed by atoms with Crippen molar-refractivity contribution in [2.75, 3.05) is 23.5 Å². The fraction of sp³-hybridized carbons (Fsp3) is 0.190. The zero-order valence-corrected chi connectivity index (χ0v) is 61.0. The molecule has 2 aliphatic heterocycles. The zero-order valence-electron chi connectivity index (χ0n) is 59.0. The number of carboxylic acids is 1. The molecule has 11 aromatic rings. The van der Waals surface area contributed by atoms with E-state index >= 15 is 0 Å². The summed E-state index contributed by atoms with van der Waals surface area (Å²) in [6.45, 7) is 12.4. The number of rotatable bonds is 17. The second-order valence-electron chi connectivity index (χ2n) is 23.8. The molecule has 28 nitrogen and oxygen atoms in total. The molecule has 29 heteroatoms. The van der Waals surface area contributed by atoms with Crippen molar-refractivity contribution in [3.8, 4) is 34.8 Å². The molecule has 0 aliphatic carbocycles. The SMILES string of the molecule is CC(=O)Nc1cc2ccc(O)cc2c(=O)o1.CO[C@@H]1[C@H](OC(N)=O)[C@H](O)C(Oc2ccc3cc(NC(C)=O)oc(=O)c3c2)OC1(C)C.N#CCc1ccc(OCc2ccccc2)cc1C(=O)O.Nc1cc2ccc(OCc3ccccc3)cc2c(=O)o1.O=C1OCc2ccc(OCc3ccccc3)cc21.[C-]#N.[Na+]. The fourth-order valence-electron chi connectivity index (χ4n) is 10.7. The Bertz CT molecular complexity index is 5220.